The van der Waals surface area contributed by atoms with E-state index in [4.69, 9.17) is 11.5 Å². The van der Waals surface area contributed by atoms with Gasteiger partial charge in [-0.3, -0.25) is 0 Å². The Morgan fingerprint density at radius 2 is 1.77 bits per heavy atom. The van der Waals surface area contributed by atoms with Crippen molar-refractivity contribution in [3.05, 3.63) is 83.7 Å². The van der Waals surface area contributed by atoms with Gasteiger partial charge in [0.2, 0.25) is 0 Å². The van der Waals surface area contributed by atoms with Gasteiger partial charge < -0.3 is 11.5 Å². The zero-order valence-corrected chi connectivity index (χ0v) is 11.8. The highest BCUT2D eigenvalue weighted by molar-refractivity contribution is 5.77. The third-order valence-electron chi connectivity index (χ3n) is 3.93. The third kappa shape index (κ3) is 2.42. The zero-order chi connectivity index (χ0) is 15.7. The molecule has 0 saturated carbocycles. The van der Waals surface area contributed by atoms with Crippen LogP contribution in [0.25, 0.3) is 5.57 Å². The molecule has 0 spiro atoms. The van der Waals surface area contributed by atoms with E-state index in [9.17, 15) is 8.78 Å². The highest BCUT2D eigenvalue weighted by atomic mass is 19.1. The van der Waals surface area contributed by atoms with Crippen molar-refractivity contribution in [3.63, 3.8) is 0 Å². The number of benzene rings is 2. The number of hydrogen-bond donors (Lipinski definition) is 2. The fourth-order valence-electron chi connectivity index (χ4n) is 2.55. The molecule has 3 rings (SSSR count). The molecule has 2 aromatic rings. The Morgan fingerprint density at radius 3 is 2.41 bits per heavy atom. The van der Waals surface area contributed by atoms with Crippen LogP contribution in [0.3, 0.4) is 0 Å². The summed E-state index contributed by atoms with van der Waals surface area (Å²) in [6, 6.07) is 13.5. The zero-order valence-electron chi connectivity index (χ0n) is 11.8. The molecule has 22 heavy (non-hydrogen) atoms. The van der Waals surface area contributed by atoms with Crippen LogP contribution in [0.15, 0.2) is 66.8 Å². The van der Waals surface area contributed by atoms with Crippen molar-refractivity contribution >= 4 is 11.3 Å². The predicted octanol–water partition coefficient (Wildman–Crippen LogP) is 3.55. The number of rotatable bonds is 2. The van der Waals surface area contributed by atoms with Crippen LogP contribution in [0.2, 0.25) is 0 Å². The Kier molecular flexibility index (Phi) is 3.54. The van der Waals surface area contributed by atoms with Crippen molar-refractivity contribution in [2.75, 3.05) is 5.73 Å². The number of allylic oxidation sites excluding steroid dienone is 2. The SMILES string of the molecule is Nc1ccc(C2=CC(F)C(N)(c3ccccc3)C=C2)cc1F. The lowest BCUT2D eigenvalue weighted by atomic mass is 9.80. The molecule has 2 unspecified atom stereocenters. The number of anilines is 1. The van der Waals surface area contributed by atoms with E-state index in [1.165, 1.54) is 18.2 Å². The predicted molar refractivity (Wildman–Crippen MR) is 85.1 cm³/mol. The van der Waals surface area contributed by atoms with Crippen molar-refractivity contribution in [3.8, 4) is 0 Å². The normalized spacial score (nSPS) is 24.1. The molecular weight excluding hydrogens is 282 g/mol. The second-order valence-corrected chi connectivity index (χ2v) is 5.39. The number of alkyl halides is 1. The summed E-state index contributed by atoms with van der Waals surface area (Å²) < 4.78 is 28.2. The molecule has 2 aromatic carbocycles. The molecule has 1 aliphatic carbocycles. The fourth-order valence-corrected chi connectivity index (χ4v) is 2.55. The minimum Gasteiger partial charge on any atom is -0.396 e. The Balaban J connectivity index is 1.95. The van der Waals surface area contributed by atoms with Crippen LogP contribution in [0.4, 0.5) is 14.5 Å². The van der Waals surface area contributed by atoms with E-state index in [1.807, 2.05) is 18.2 Å². The number of hydrogen-bond acceptors (Lipinski definition) is 2. The lowest BCUT2D eigenvalue weighted by molar-refractivity contribution is 0.282. The summed E-state index contributed by atoms with van der Waals surface area (Å²) in [6.45, 7) is 0. The molecular formula is C18H16F2N2. The maximum atomic E-state index is 14.7. The van der Waals surface area contributed by atoms with E-state index in [2.05, 4.69) is 0 Å². The molecule has 4 N–H and O–H groups in total. The van der Waals surface area contributed by atoms with Gasteiger partial charge in [-0.1, -0.05) is 48.6 Å². The van der Waals surface area contributed by atoms with Crippen LogP contribution in [0.1, 0.15) is 11.1 Å². The fraction of sp³-hybridized carbons (Fsp3) is 0.111. The summed E-state index contributed by atoms with van der Waals surface area (Å²) >= 11 is 0. The van der Waals surface area contributed by atoms with Crippen molar-refractivity contribution in [2.24, 2.45) is 5.73 Å². The van der Waals surface area contributed by atoms with Gasteiger partial charge >= 0.3 is 0 Å². The maximum absolute atomic E-state index is 14.7. The van der Waals surface area contributed by atoms with Gasteiger partial charge in [0.15, 0.2) is 0 Å². The molecule has 2 nitrogen and oxygen atoms in total. The summed E-state index contributed by atoms with van der Waals surface area (Å²) in [7, 11) is 0. The van der Waals surface area contributed by atoms with Crippen LogP contribution in [-0.2, 0) is 5.54 Å². The molecule has 1 aliphatic rings. The molecule has 2 atom stereocenters. The maximum Gasteiger partial charge on any atom is 0.146 e. The van der Waals surface area contributed by atoms with Crippen LogP contribution >= 0.6 is 0 Å². The van der Waals surface area contributed by atoms with E-state index < -0.39 is 17.5 Å². The Morgan fingerprint density at radius 1 is 1.05 bits per heavy atom. The second kappa shape index (κ2) is 5.39. The monoisotopic (exact) mass is 298 g/mol. The molecule has 0 bridgehead atoms. The summed E-state index contributed by atoms with van der Waals surface area (Å²) in [5, 5.41) is 0. The topological polar surface area (TPSA) is 52.0 Å². The molecule has 0 heterocycles. The summed E-state index contributed by atoms with van der Waals surface area (Å²) in [5.41, 5.74) is 12.4. The molecule has 0 amide bonds. The molecule has 4 heteroatoms. The number of halogens is 2. The first-order valence-electron chi connectivity index (χ1n) is 6.95. The molecule has 0 aromatic heterocycles. The van der Waals surface area contributed by atoms with Gasteiger partial charge in [0, 0.05) is 0 Å². The number of nitrogens with two attached hydrogens (primary N) is 2. The van der Waals surface area contributed by atoms with E-state index in [1.54, 1.807) is 30.4 Å². The second-order valence-electron chi connectivity index (χ2n) is 5.39. The lowest BCUT2D eigenvalue weighted by Crippen LogP contribution is -2.44. The van der Waals surface area contributed by atoms with E-state index in [-0.39, 0.29) is 5.69 Å². The molecule has 0 radical (unpaired) electrons. The minimum absolute atomic E-state index is 0.0680. The minimum atomic E-state index is -1.41. The van der Waals surface area contributed by atoms with Gasteiger partial charge in [-0.25, -0.2) is 8.78 Å². The third-order valence-corrected chi connectivity index (χ3v) is 3.93. The lowest BCUT2D eigenvalue weighted by Gasteiger charge is -2.32. The summed E-state index contributed by atoms with van der Waals surface area (Å²) in [6.07, 6.45) is 3.35. The average molecular weight is 298 g/mol. The molecule has 0 saturated heterocycles. The van der Waals surface area contributed by atoms with Gasteiger partial charge in [-0.2, -0.15) is 0 Å². The Labute approximate surface area is 127 Å². The Bertz CT molecular complexity index is 753. The van der Waals surface area contributed by atoms with Gasteiger partial charge in [-0.15, -0.1) is 0 Å². The van der Waals surface area contributed by atoms with Crippen LogP contribution in [0, 0.1) is 5.82 Å². The van der Waals surface area contributed by atoms with Crippen molar-refractivity contribution in [2.45, 2.75) is 11.7 Å². The van der Waals surface area contributed by atoms with Crippen LogP contribution in [0.5, 0.6) is 0 Å². The first-order chi connectivity index (χ1) is 10.5. The van der Waals surface area contributed by atoms with E-state index >= 15 is 0 Å². The molecule has 112 valence electrons. The standard InChI is InChI=1S/C18H16F2N2/c19-15-10-12(6-7-16(15)21)13-8-9-18(22,17(20)11-13)14-4-2-1-3-5-14/h1-11,17H,21-22H2. The molecule has 0 aliphatic heterocycles. The van der Waals surface area contributed by atoms with Gasteiger partial charge in [0.1, 0.15) is 12.0 Å². The average Bonchev–Trinajstić information content (AvgIpc) is 2.54. The van der Waals surface area contributed by atoms with Crippen molar-refractivity contribution in [1.29, 1.82) is 0 Å². The largest absolute Gasteiger partial charge is 0.396 e. The first kappa shape index (κ1) is 14.5. The van der Waals surface area contributed by atoms with Gasteiger partial charge in [0.05, 0.1) is 11.2 Å². The van der Waals surface area contributed by atoms with Crippen molar-refractivity contribution < 1.29 is 8.78 Å². The quantitative estimate of drug-likeness (QED) is 0.833. The van der Waals surface area contributed by atoms with Crippen LogP contribution < -0.4 is 11.5 Å². The first-order valence-corrected chi connectivity index (χ1v) is 6.95. The van der Waals surface area contributed by atoms with Crippen LogP contribution in [-0.4, -0.2) is 6.17 Å². The summed E-state index contributed by atoms with van der Waals surface area (Å²) in [5.74, 6) is -0.519. The van der Waals surface area contributed by atoms with E-state index in [0.29, 0.717) is 16.7 Å². The smallest absolute Gasteiger partial charge is 0.146 e. The van der Waals surface area contributed by atoms with Gasteiger partial charge in [0.25, 0.3) is 0 Å². The van der Waals surface area contributed by atoms with E-state index in [0.717, 1.165) is 0 Å². The Hall–Kier alpha value is -2.46. The summed E-state index contributed by atoms with van der Waals surface area (Å²) in [4.78, 5) is 0. The highest BCUT2D eigenvalue weighted by Gasteiger charge is 2.35. The highest BCUT2D eigenvalue weighted by Crippen LogP contribution is 2.34. The number of nitrogen functional groups attached to an aromatic ring is 1. The molecule has 0 fully saturated rings. The van der Waals surface area contributed by atoms with Crippen molar-refractivity contribution in [1.82, 2.24) is 0 Å². The van der Waals surface area contributed by atoms with Gasteiger partial charge in [-0.05, 0) is 34.9 Å².